The zero-order valence-corrected chi connectivity index (χ0v) is 7.42. The van der Waals surface area contributed by atoms with Crippen LogP contribution in [0.2, 0.25) is 0 Å². The first kappa shape index (κ1) is 10.3. The summed E-state index contributed by atoms with van der Waals surface area (Å²) in [6.45, 7) is 0. The molecule has 0 aliphatic heterocycles. The van der Waals surface area contributed by atoms with Crippen molar-refractivity contribution in [2.24, 2.45) is 5.73 Å². The molecule has 0 fully saturated rings. The van der Waals surface area contributed by atoms with Gasteiger partial charge in [0.05, 0.1) is 0 Å². The number of nitro groups is 1. The summed E-state index contributed by atoms with van der Waals surface area (Å²) in [4.78, 5) is 20.6. The van der Waals surface area contributed by atoms with E-state index in [1.807, 2.05) is 0 Å². The van der Waals surface area contributed by atoms with Gasteiger partial charge in [0.15, 0.2) is 0 Å². The lowest BCUT2D eigenvalue weighted by Gasteiger charge is -2.02. The third-order valence-corrected chi connectivity index (χ3v) is 1.78. The molecule has 1 aromatic rings. The molecule has 74 valence electrons. The van der Waals surface area contributed by atoms with Gasteiger partial charge in [0.1, 0.15) is 0 Å². The van der Waals surface area contributed by atoms with Gasteiger partial charge in [0.2, 0.25) is 5.78 Å². The molecule has 1 unspecified atom stereocenters. The summed E-state index contributed by atoms with van der Waals surface area (Å²) in [5.41, 5.74) is 5.79. The second-order valence-corrected chi connectivity index (χ2v) is 2.86. The molecule has 0 radical (unpaired) electrons. The summed E-state index contributed by atoms with van der Waals surface area (Å²) in [7, 11) is 0. The van der Waals surface area contributed by atoms with Gasteiger partial charge in [-0.25, -0.2) is 0 Å². The predicted molar refractivity (Wildman–Crippen MR) is 50.1 cm³/mol. The van der Waals surface area contributed by atoms with E-state index in [4.69, 9.17) is 5.73 Å². The molecule has 0 aliphatic carbocycles. The second-order valence-electron chi connectivity index (χ2n) is 2.86. The van der Waals surface area contributed by atoms with Crippen molar-refractivity contribution >= 4 is 5.78 Å². The lowest BCUT2D eigenvalue weighted by Crippen LogP contribution is -2.39. The highest BCUT2D eigenvalue weighted by Gasteiger charge is 2.23. The zero-order valence-electron chi connectivity index (χ0n) is 7.42. The van der Waals surface area contributed by atoms with E-state index < -0.39 is 16.9 Å². The third-order valence-electron chi connectivity index (χ3n) is 1.78. The first-order valence-electron chi connectivity index (χ1n) is 4.07. The fourth-order valence-corrected chi connectivity index (χ4v) is 1.02. The largest absolute Gasteiger partial charge is 0.322 e. The van der Waals surface area contributed by atoms with Crippen molar-refractivity contribution in [1.29, 1.82) is 0 Å². The van der Waals surface area contributed by atoms with E-state index in [2.05, 4.69) is 0 Å². The number of rotatable bonds is 4. The maximum atomic E-state index is 11.2. The lowest BCUT2D eigenvalue weighted by molar-refractivity contribution is -0.506. The van der Waals surface area contributed by atoms with Crippen LogP contribution < -0.4 is 5.73 Å². The number of nitrogens with two attached hydrogens (primary N) is 1. The van der Waals surface area contributed by atoms with Gasteiger partial charge < -0.3 is 0 Å². The second kappa shape index (κ2) is 4.48. The third kappa shape index (κ3) is 2.63. The van der Waals surface area contributed by atoms with Crippen LogP contribution in [0.25, 0.3) is 0 Å². The van der Waals surface area contributed by atoms with Crippen LogP contribution in [0.3, 0.4) is 0 Å². The minimum absolute atomic E-state index is 0.00296. The van der Waals surface area contributed by atoms with E-state index in [-0.39, 0.29) is 6.42 Å². The molecular formula is C9H10N2O3. The molecule has 0 saturated carbocycles. The first-order chi connectivity index (χ1) is 6.61. The van der Waals surface area contributed by atoms with E-state index in [1.165, 1.54) is 0 Å². The Morgan fingerprint density at radius 1 is 1.43 bits per heavy atom. The number of carbonyl (C=O) groups is 1. The number of Topliss-reactive ketones (excluding diaryl/α,β-unsaturated/α-hetero) is 1. The molecule has 0 spiro atoms. The first-order valence-corrected chi connectivity index (χ1v) is 4.07. The zero-order chi connectivity index (χ0) is 10.6. The smallest absolute Gasteiger partial charge is 0.290 e. The molecule has 0 bridgehead atoms. The van der Waals surface area contributed by atoms with Crippen LogP contribution in [0.5, 0.6) is 0 Å². The molecule has 0 heterocycles. The van der Waals surface area contributed by atoms with E-state index in [9.17, 15) is 14.9 Å². The van der Waals surface area contributed by atoms with Crippen LogP contribution in [0.15, 0.2) is 30.3 Å². The lowest BCUT2D eigenvalue weighted by atomic mass is 10.1. The Morgan fingerprint density at radius 3 is 2.50 bits per heavy atom. The molecule has 0 saturated heterocycles. The fourth-order valence-electron chi connectivity index (χ4n) is 1.02. The van der Waals surface area contributed by atoms with Crippen molar-refractivity contribution < 1.29 is 9.72 Å². The Morgan fingerprint density at radius 2 is 2.00 bits per heavy atom. The number of hydrogen-bond donors (Lipinski definition) is 1. The topological polar surface area (TPSA) is 86.2 Å². The van der Waals surface area contributed by atoms with Crippen LogP contribution in [0, 0.1) is 10.1 Å². The van der Waals surface area contributed by atoms with E-state index in [1.54, 1.807) is 30.3 Å². The van der Waals surface area contributed by atoms with E-state index in [0.717, 1.165) is 5.56 Å². The molecule has 0 aliphatic rings. The van der Waals surface area contributed by atoms with Gasteiger partial charge in [-0.15, -0.1) is 0 Å². The minimum atomic E-state index is -1.62. The number of nitrogens with zero attached hydrogens (tertiary/aromatic N) is 1. The van der Waals surface area contributed by atoms with Crippen molar-refractivity contribution in [1.82, 2.24) is 0 Å². The molecule has 5 heteroatoms. The number of carbonyl (C=O) groups excluding carboxylic acids is 1. The predicted octanol–water partition coefficient (Wildman–Crippen LogP) is 0.360. The molecular weight excluding hydrogens is 184 g/mol. The van der Waals surface area contributed by atoms with Gasteiger partial charge in [-0.3, -0.25) is 20.6 Å². The van der Waals surface area contributed by atoms with E-state index >= 15 is 0 Å². The summed E-state index contributed by atoms with van der Waals surface area (Å²) in [5, 5.41) is 10.2. The van der Waals surface area contributed by atoms with E-state index in [0.29, 0.717) is 0 Å². The van der Waals surface area contributed by atoms with Crippen LogP contribution >= 0.6 is 0 Å². The van der Waals surface area contributed by atoms with Crippen molar-refractivity contribution in [2.75, 3.05) is 0 Å². The molecule has 1 atom stereocenters. The van der Waals surface area contributed by atoms with Crippen LogP contribution in [0.1, 0.15) is 5.56 Å². The van der Waals surface area contributed by atoms with Gasteiger partial charge in [-0.1, -0.05) is 30.3 Å². The Bertz CT molecular complexity index is 337. The van der Waals surface area contributed by atoms with Gasteiger partial charge in [0, 0.05) is 11.3 Å². The summed E-state index contributed by atoms with van der Waals surface area (Å²) >= 11 is 0. The van der Waals surface area contributed by atoms with Crippen LogP contribution in [-0.4, -0.2) is 16.9 Å². The van der Waals surface area contributed by atoms with Crippen LogP contribution in [-0.2, 0) is 11.2 Å². The minimum Gasteiger partial charge on any atom is -0.290 e. The van der Waals surface area contributed by atoms with Crippen molar-refractivity contribution in [3.05, 3.63) is 46.0 Å². The molecule has 1 rings (SSSR count). The maximum Gasteiger partial charge on any atom is 0.322 e. The van der Waals surface area contributed by atoms with Gasteiger partial charge in [-0.2, -0.15) is 0 Å². The Hall–Kier alpha value is -1.75. The van der Waals surface area contributed by atoms with Crippen LogP contribution in [0.4, 0.5) is 0 Å². The summed E-state index contributed by atoms with van der Waals surface area (Å²) in [5.74, 6) is -0.582. The molecule has 5 nitrogen and oxygen atoms in total. The molecule has 0 amide bonds. The highest BCUT2D eigenvalue weighted by Crippen LogP contribution is 2.01. The molecule has 0 aromatic heterocycles. The summed E-state index contributed by atoms with van der Waals surface area (Å²) in [6, 6.07) is 8.79. The average molecular weight is 194 g/mol. The standard InChI is InChI=1S/C9H10N2O3/c10-9(11(13)14)8(12)6-7-4-2-1-3-5-7/h1-5,9H,6,10H2. The van der Waals surface area contributed by atoms with Crippen molar-refractivity contribution in [3.8, 4) is 0 Å². The molecule has 2 N–H and O–H groups in total. The Kier molecular flexibility index (Phi) is 3.30. The maximum absolute atomic E-state index is 11.2. The molecule has 1 aromatic carbocycles. The molecule has 14 heavy (non-hydrogen) atoms. The highest BCUT2D eigenvalue weighted by atomic mass is 16.6. The Balaban J connectivity index is 2.62. The van der Waals surface area contributed by atoms with Gasteiger partial charge in [-0.05, 0) is 5.56 Å². The number of hydrogen-bond acceptors (Lipinski definition) is 4. The summed E-state index contributed by atoms with van der Waals surface area (Å²) in [6.07, 6.45) is -1.61. The highest BCUT2D eigenvalue weighted by molar-refractivity contribution is 5.84. The summed E-state index contributed by atoms with van der Waals surface area (Å²) < 4.78 is 0. The SMILES string of the molecule is NC(C(=O)Cc1ccccc1)[N+](=O)[O-]. The fraction of sp³-hybridized carbons (Fsp3) is 0.222. The monoisotopic (exact) mass is 194 g/mol. The number of benzene rings is 1. The Labute approximate surface area is 80.7 Å². The van der Waals surface area contributed by atoms with Gasteiger partial charge >= 0.3 is 6.17 Å². The average Bonchev–Trinajstić information content (AvgIpc) is 2.18. The normalized spacial score (nSPS) is 12.1. The number of ketones is 1. The van der Waals surface area contributed by atoms with Crippen molar-refractivity contribution in [2.45, 2.75) is 12.6 Å². The van der Waals surface area contributed by atoms with Gasteiger partial charge in [0.25, 0.3) is 0 Å². The quantitative estimate of drug-likeness (QED) is 0.426. The van der Waals surface area contributed by atoms with Crippen molar-refractivity contribution in [3.63, 3.8) is 0 Å².